The molecule has 60 valence electrons. The van der Waals surface area contributed by atoms with E-state index in [0.29, 0.717) is 17.2 Å². The van der Waals surface area contributed by atoms with Crippen molar-refractivity contribution in [3.63, 3.8) is 0 Å². The molecule has 0 aliphatic carbocycles. The van der Waals surface area contributed by atoms with Gasteiger partial charge in [-0.1, -0.05) is 26.0 Å². The third-order valence-corrected chi connectivity index (χ3v) is 3.22. The van der Waals surface area contributed by atoms with E-state index in [1.54, 1.807) is 0 Å². The summed E-state index contributed by atoms with van der Waals surface area (Å²) in [4.78, 5) is 0. The van der Waals surface area contributed by atoms with Crippen LogP contribution in [0.4, 0.5) is 0 Å². The Morgan fingerprint density at radius 3 is 3.00 bits per heavy atom. The lowest BCUT2D eigenvalue weighted by Crippen LogP contribution is -2.22. The van der Waals surface area contributed by atoms with Gasteiger partial charge in [0, 0.05) is 11.6 Å². The molecule has 0 fully saturated rings. The fraction of sp³-hybridized carbons (Fsp3) is 0.556. The van der Waals surface area contributed by atoms with E-state index in [0.717, 1.165) is 0 Å². The van der Waals surface area contributed by atoms with E-state index in [1.807, 2.05) is 11.8 Å². The maximum absolute atomic E-state index is 3.51. The SMILES string of the molecule is CC(C)C1=CC2C=CSC2N1. The molecule has 0 aromatic carbocycles. The van der Waals surface area contributed by atoms with E-state index < -0.39 is 0 Å². The summed E-state index contributed by atoms with van der Waals surface area (Å²) in [6.45, 7) is 4.46. The molecule has 2 unspecified atom stereocenters. The van der Waals surface area contributed by atoms with Crippen molar-refractivity contribution in [2.24, 2.45) is 11.8 Å². The Kier molecular flexibility index (Phi) is 1.72. The molecule has 0 saturated heterocycles. The number of thioether (sulfide) groups is 1. The van der Waals surface area contributed by atoms with Gasteiger partial charge in [0.25, 0.3) is 0 Å². The second-order valence-corrected chi connectivity index (χ2v) is 4.44. The highest BCUT2D eigenvalue weighted by atomic mass is 32.2. The van der Waals surface area contributed by atoms with Gasteiger partial charge in [-0.25, -0.2) is 0 Å². The molecule has 1 N–H and O–H groups in total. The first kappa shape index (κ1) is 7.29. The molecule has 2 aliphatic rings. The summed E-state index contributed by atoms with van der Waals surface area (Å²) < 4.78 is 0. The van der Waals surface area contributed by atoms with Crippen LogP contribution in [-0.2, 0) is 0 Å². The second-order valence-electron chi connectivity index (χ2n) is 3.38. The highest BCUT2D eigenvalue weighted by molar-refractivity contribution is 8.03. The minimum atomic E-state index is 0.604. The van der Waals surface area contributed by atoms with Crippen molar-refractivity contribution in [2.45, 2.75) is 19.2 Å². The van der Waals surface area contributed by atoms with Crippen molar-refractivity contribution in [3.8, 4) is 0 Å². The summed E-state index contributed by atoms with van der Waals surface area (Å²) in [5.74, 6) is 1.30. The zero-order chi connectivity index (χ0) is 7.84. The molecule has 0 saturated carbocycles. The summed E-state index contributed by atoms with van der Waals surface area (Å²) in [6, 6.07) is 0. The van der Waals surface area contributed by atoms with Crippen molar-refractivity contribution >= 4 is 11.8 Å². The summed E-state index contributed by atoms with van der Waals surface area (Å²) >= 11 is 1.89. The average molecular weight is 167 g/mol. The zero-order valence-corrected chi connectivity index (χ0v) is 7.69. The van der Waals surface area contributed by atoms with Gasteiger partial charge >= 0.3 is 0 Å². The highest BCUT2D eigenvalue weighted by Gasteiger charge is 2.28. The van der Waals surface area contributed by atoms with Gasteiger partial charge in [0.2, 0.25) is 0 Å². The number of hydrogen-bond acceptors (Lipinski definition) is 2. The van der Waals surface area contributed by atoms with Gasteiger partial charge < -0.3 is 5.32 Å². The second kappa shape index (κ2) is 2.59. The first-order valence-electron chi connectivity index (χ1n) is 4.08. The Labute approximate surface area is 71.9 Å². The minimum absolute atomic E-state index is 0.604. The summed E-state index contributed by atoms with van der Waals surface area (Å²) in [7, 11) is 0. The van der Waals surface area contributed by atoms with Crippen LogP contribution in [0, 0.1) is 11.8 Å². The molecule has 0 aromatic heterocycles. The van der Waals surface area contributed by atoms with E-state index in [4.69, 9.17) is 0 Å². The van der Waals surface area contributed by atoms with Crippen molar-refractivity contribution in [1.29, 1.82) is 0 Å². The molecule has 2 aliphatic heterocycles. The third-order valence-electron chi connectivity index (χ3n) is 2.18. The quantitative estimate of drug-likeness (QED) is 0.643. The van der Waals surface area contributed by atoms with E-state index in [-0.39, 0.29) is 0 Å². The van der Waals surface area contributed by atoms with Gasteiger partial charge in [-0.2, -0.15) is 0 Å². The molecule has 11 heavy (non-hydrogen) atoms. The molecule has 2 heteroatoms. The smallest absolute Gasteiger partial charge is 0.0858 e. The van der Waals surface area contributed by atoms with Gasteiger partial charge in [0.1, 0.15) is 0 Å². The number of fused-ring (bicyclic) bond motifs is 1. The van der Waals surface area contributed by atoms with Gasteiger partial charge in [-0.15, -0.1) is 11.8 Å². The van der Waals surface area contributed by atoms with Gasteiger partial charge in [-0.05, 0) is 11.3 Å². The summed E-state index contributed by atoms with van der Waals surface area (Å²) in [5, 5.41) is 6.31. The monoisotopic (exact) mass is 167 g/mol. The van der Waals surface area contributed by atoms with Crippen molar-refractivity contribution in [1.82, 2.24) is 5.32 Å². The maximum Gasteiger partial charge on any atom is 0.0858 e. The van der Waals surface area contributed by atoms with Crippen LogP contribution in [0.15, 0.2) is 23.3 Å². The van der Waals surface area contributed by atoms with E-state index in [2.05, 4.69) is 36.7 Å². The lowest BCUT2D eigenvalue weighted by atomic mass is 10.1. The largest absolute Gasteiger partial charge is 0.376 e. The molecule has 0 spiro atoms. The fourth-order valence-corrected chi connectivity index (χ4v) is 2.46. The van der Waals surface area contributed by atoms with Crippen LogP contribution in [0.5, 0.6) is 0 Å². The molecule has 0 aromatic rings. The predicted molar refractivity (Wildman–Crippen MR) is 50.1 cm³/mol. The molecule has 1 nitrogen and oxygen atoms in total. The molecular weight excluding hydrogens is 154 g/mol. The first-order valence-corrected chi connectivity index (χ1v) is 5.02. The normalized spacial score (nSPS) is 33.9. The Morgan fingerprint density at radius 2 is 2.36 bits per heavy atom. The van der Waals surface area contributed by atoms with Crippen LogP contribution < -0.4 is 5.32 Å². The topological polar surface area (TPSA) is 12.0 Å². The average Bonchev–Trinajstić information content (AvgIpc) is 2.40. The molecule has 0 radical (unpaired) electrons. The molecule has 2 atom stereocenters. The zero-order valence-electron chi connectivity index (χ0n) is 6.87. The molecule has 0 bridgehead atoms. The molecular formula is C9H13NS. The van der Waals surface area contributed by atoms with Crippen molar-refractivity contribution in [3.05, 3.63) is 23.3 Å². The number of hydrogen-bond donors (Lipinski definition) is 1. The van der Waals surface area contributed by atoms with Crippen LogP contribution in [0.2, 0.25) is 0 Å². The lowest BCUT2D eigenvalue weighted by molar-refractivity contribution is 0.655. The first-order chi connectivity index (χ1) is 5.27. The van der Waals surface area contributed by atoms with Crippen LogP contribution >= 0.6 is 11.8 Å². The predicted octanol–water partition coefficient (Wildman–Crippen LogP) is 2.33. The van der Waals surface area contributed by atoms with Crippen LogP contribution in [0.3, 0.4) is 0 Å². The van der Waals surface area contributed by atoms with Crippen molar-refractivity contribution < 1.29 is 0 Å². The minimum Gasteiger partial charge on any atom is -0.376 e. The van der Waals surface area contributed by atoms with Gasteiger partial charge in [-0.3, -0.25) is 0 Å². The highest BCUT2D eigenvalue weighted by Crippen LogP contribution is 2.35. The Morgan fingerprint density at radius 1 is 1.55 bits per heavy atom. The van der Waals surface area contributed by atoms with Crippen LogP contribution in [-0.4, -0.2) is 5.37 Å². The molecule has 2 rings (SSSR count). The number of allylic oxidation sites excluding steroid dienone is 1. The Balaban J connectivity index is 2.12. The van der Waals surface area contributed by atoms with Gasteiger partial charge in [0.15, 0.2) is 0 Å². The molecule has 0 amide bonds. The number of nitrogens with one attached hydrogen (secondary N) is 1. The Bertz CT molecular complexity index is 218. The van der Waals surface area contributed by atoms with E-state index in [9.17, 15) is 0 Å². The number of rotatable bonds is 1. The van der Waals surface area contributed by atoms with Crippen molar-refractivity contribution in [2.75, 3.05) is 0 Å². The lowest BCUT2D eigenvalue weighted by Gasteiger charge is -2.12. The van der Waals surface area contributed by atoms with Crippen LogP contribution in [0.1, 0.15) is 13.8 Å². The summed E-state index contributed by atoms with van der Waals surface area (Å²) in [5.41, 5.74) is 1.41. The maximum atomic E-state index is 3.51. The van der Waals surface area contributed by atoms with E-state index in [1.165, 1.54) is 5.70 Å². The Hall–Kier alpha value is -0.370. The molecule has 2 heterocycles. The van der Waals surface area contributed by atoms with E-state index >= 15 is 0 Å². The van der Waals surface area contributed by atoms with Crippen LogP contribution in [0.25, 0.3) is 0 Å². The standard InChI is InChI=1S/C9H13NS/c1-6(2)8-5-7-3-4-11-9(7)10-8/h3-7,9-10H,1-2H3. The summed E-state index contributed by atoms with van der Waals surface area (Å²) in [6.07, 6.45) is 4.63. The van der Waals surface area contributed by atoms with Gasteiger partial charge in [0.05, 0.1) is 5.37 Å². The third kappa shape index (κ3) is 1.20. The fourth-order valence-electron chi connectivity index (χ4n) is 1.46.